The quantitative estimate of drug-likeness (QED) is 0.780. The Hall–Kier alpha value is -1.68. The highest BCUT2D eigenvalue weighted by Gasteiger charge is 2.17. The zero-order valence-electron chi connectivity index (χ0n) is 11.2. The van der Waals surface area contributed by atoms with Crippen molar-refractivity contribution in [3.05, 3.63) is 70.6 Å². The number of aliphatic hydroxyl groups is 1. The summed E-state index contributed by atoms with van der Waals surface area (Å²) in [5.74, 6) is 0. The SMILES string of the molecule is COCc1ccccc1C(O)c1cccc2ccsc12. The summed E-state index contributed by atoms with van der Waals surface area (Å²) in [7, 11) is 1.67. The van der Waals surface area contributed by atoms with Gasteiger partial charge in [-0.05, 0) is 28.0 Å². The lowest BCUT2D eigenvalue weighted by Crippen LogP contribution is -2.04. The lowest BCUT2D eigenvalue weighted by molar-refractivity contribution is 0.176. The molecule has 3 rings (SSSR count). The van der Waals surface area contributed by atoms with Gasteiger partial charge in [0.25, 0.3) is 0 Å². The van der Waals surface area contributed by atoms with Gasteiger partial charge in [-0.3, -0.25) is 0 Å². The minimum absolute atomic E-state index is 0.508. The first-order valence-electron chi connectivity index (χ1n) is 6.52. The largest absolute Gasteiger partial charge is 0.384 e. The number of ether oxygens (including phenoxy) is 1. The predicted molar refractivity (Wildman–Crippen MR) is 83.0 cm³/mol. The average Bonchev–Trinajstić information content (AvgIpc) is 2.96. The van der Waals surface area contributed by atoms with E-state index in [0.717, 1.165) is 21.4 Å². The van der Waals surface area contributed by atoms with Crippen LogP contribution in [-0.4, -0.2) is 12.2 Å². The van der Waals surface area contributed by atoms with Gasteiger partial charge in [0, 0.05) is 17.4 Å². The topological polar surface area (TPSA) is 29.5 Å². The molecule has 2 aromatic carbocycles. The van der Waals surface area contributed by atoms with E-state index < -0.39 is 6.10 Å². The number of aliphatic hydroxyl groups excluding tert-OH is 1. The molecule has 0 bridgehead atoms. The first-order chi connectivity index (χ1) is 9.81. The van der Waals surface area contributed by atoms with Crippen molar-refractivity contribution >= 4 is 21.4 Å². The number of fused-ring (bicyclic) bond motifs is 1. The van der Waals surface area contributed by atoms with Crippen molar-refractivity contribution in [2.24, 2.45) is 0 Å². The maximum Gasteiger partial charge on any atom is 0.106 e. The van der Waals surface area contributed by atoms with Crippen molar-refractivity contribution in [3.8, 4) is 0 Å². The molecule has 1 unspecified atom stereocenters. The van der Waals surface area contributed by atoms with Crippen molar-refractivity contribution in [3.63, 3.8) is 0 Å². The minimum atomic E-state index is -0.622. The first-order valence-corrected chi connectivity index (χ1v) is 7.40. The van der Waals surface area contributed by atoms with E-state index >= 15 is 0 Å². The van der Waals surface area contributed by atoms with E-state index in [0.29, 0.717) is 6.61 Å². The van der Waals surface area contributed by atoms with Crippen LogP contribution in [0.2, 0.25) is 0 Å². The summed E-state index contributed by atoms with van der Waals surface area (Å²) < 4.78 is 6.36. The molecule has 20 heavy (non-hydrogen) atoms. The third-order valence-electron chi connectivity index (χ3n) is 3.45. The highest BCUT2D eigenvalue weighted by atomic mass is 32.1. The van der Waals surface area contributed by atoms with Crippen LogP contribution in [0.15, 0.2) is 53.9 Å². The van der Waals surface area contributed by atoms with E-state index in [1.54, 1.807) is 18.4 Å². The van der Waals surface area contributed by atoms with Crippen LogP contribution < -0.4 is 0 Å². The smallest absolute Gasteiger partial charge is 0.106 e. The van der Waals surface area contributed by atoms with E-state index in [1.807, 2.05) is 36.4 Å². The summed E-state index contributed by atoms with van der Waals surface area (Å²) >= 11 is 1.66. The number of thiophene rings is 1. The van der Waals surface area contributed by atoms with E-state index in [4.69, 9.17) is 4.74 Å². The molecular formula is C17H16O2S. The second-order valence-electron chi connectivity index (χ2n) is 4.72. The predicted octanol–water partition coefficient (Wildman–Crippen LogP) is 4.13. The average molecular weight is 284 g/mol. The Kier molecular flexibility index (Phi) is 3.83. The molecule has 0 aliphatic heterocycles. The van der Waals surface area contributed by atoms with Gasteiger partial charge in [0.15, 0.2) is 0 Å². The molecule has 0 radical (unpaired) electrons. The van der Waals surface area contributed by atoms with Gasteiger partial charge in [-0.15, -0.1) is 11.3 Å². The lowest BCUT2D eigenvalue weighted by Gasteiger charge is -2.16. The monoisotopic (exact) mass is 284 g/mol. The molecule has 3 heteroatoms. The maximum absolute atomic E-state index is 10.8. The molecule has 1 atom stereocenters. The molecule has 1 aromatic heterocycles. The fraction of sp³-hybridized carbons (Fsp3) is 0.176. The molecule has 2 nitrogen and oxygen atoms in total. The Balaban J connectivity index is 2.08. The normalized spacial score (nSPS) is 12.7. The van der Waals surface area contributed by atoms with Crippen LogP contribution in [0.1, 0.15) is 22.8 Å². The minimum Gasteiger partial charge on any atom is -0.384 e. The Bertz CT molecular complexity index is 718. The third-order valence-corrected chi connectivity index (χ3v) is 4.43. The second-order valence-corrected chi connectivity index (χ2v) is 5.64. The van der Waals surface area contributed by atoms with Gasteiger partial charge in [0.1, 0.15) is 6.10 Å². The summed E-state index contributed by atoms with van der Waals surface area (Å²) in [6, 6.07) is 16.0. The Morgan fingerprint density at radius 2 is 1.85 bits per heavy atom. The molecule has 0 saturated carbocycles. The van der Waals surface area contributed by atoms with Gasteiger partial charge in [0.05, 0.1) is 6.61 Å². The van der Waals surface area contributed by atoms with Crippen LogP contribution in [-0.2, 0) is 11.3 Å². The third kappa shape index (κ3) is 2.36. The van der Waals surface area contributed by atoms with Crippen LogP contribution in [0.5, 0.6) is 0 Å². The van der Waals surface area contributed by atoms with Crippen molar-refractivity contribution < 1.29 is 9.84 Å². The molecule has 0 aliphatic rings. The zero-order valence-corrected chi connectivity index (χ0v) is 12.1. The Morgan fingerprint density at radius 3 is 2.70 bits per heavy atom. The molecule has 102 valence electrons. The van der Waals surface area contributed by atoms with Gasteiger partial charge in [-0.25, -0.2) is 0 Å². The van der Waals surface area contributed by atoms with Crippen LogP contribution in [0, 0.1) is 0 Å². The van der Waals surface area contributed by atoms with E-state index in [2.05, 4.69) is 17.5 Å². The number of rotatable bonds is 4. The molecule has 1 N–H and O–H groups in total. The van der Waals surface area contributed by atoms with E-state index in [9.17, 15) is 5.11 Å². The van der Waals surface area contributed by atoms with Gasteiger partial charge in [-0.2, -0.15) is 0 Å². The lowest BCUT2D eigenvalue weighted by atomic mass is 9.96. The molecule has 0 spiro atoms. The summed E-state index contributed by atoms with van der Waals surface area (Å²) in [6.45, 7) is 0.508. The summed E-state index contributed by atoms with van der Waals surface area (Å²) in [4.78, 5) is 0. The highest BCUT2D eigenvalue weighted by molar-refractivity contribution is 7.17. The van der Waals surface area contributed by atoms with Crippen molar-refractivity contribution in [2.75, 3.05) is 7.11 Å². The molecule has 0 saturated heterocycles. The standard InChI is InChI=1S/C17H16O2S/c1-19-11-13-5-2-3-7-14(13)16(18)15-8-4-6-12-9-10-20-17(12)15/h2-10,16,18H,11H2,1H3. The Morgan fingerprint density at radius 1 is 1.05 bits per heavy atom. The van der Waals surface area contributed by atoms with Gasteiger partial charge >= 0.3 is 0 Å². The second kappa shape index (κ2) is 5.75. The molecule has 0 fully saturated rings. The van der Waals surface area contributed by atoms with Crippen molar-refractivity contribution in [1.82, 2.24) is 0 Å². The molecule has 0 aliphatic carbocycles. The summed E-state index contributed by atoms with van der Waals surface area (Å²) in [5, 5.41) is 14.0. The molecular weight excluding hydrogens is 268 g/mol. The van der Waals surface area contributed by atoms with Crippen LogP contribution in [0.3, 0.4) is 0 Å². The maximum atomic E-state index is 10.8. The number of hydrogen-bond acceptors (Lipinski definition) is 3. The molecule has 0 amide bonds. The highest BCUT2D eigenvalue weighted by Crippen LogP contribution is 2.33. The Labute approximate surface area is 122 Å². The van der Waals surface area contributed by atoms with E-state index in [-0.39, 0.29) is 0 Å². The van der Waals surface area contributed by atoms with Crippen molar-refractivity contribution in [1.29, 1.82) is 0 Å². The first kappa shape index (κ1) is 13.3. The van der Waals surface area contributed by atoms with Crippen LogP contribution >= 0.6 is 11.3 Å². The van der Waals surface area contributed by atoms with Gasteiger partial charge < -0.3 is 9.84 Å². The summed E-state index contributed by atoms with van der Waals surface area (Å²) in [5.41, 5.74) is 2.90. The number of benzene rings is 2. The van der Waals surface area contributed by atoms with Gasteiger partial charge in [-0.1, -0.05) is 42.5 Å². The number of hydrogen-bond donors (Lipinski definition) is 1. The van der Waals surface area contributed by atoms with E-state index in [1.165, 1.54) is 5.39 Å². The fourth-order valence-corrected chi connectivity index (χ4v) is 3.43. The van der Waals surface area contributed by atoms with Crippen LogP contribution in [0.4, 0.5) is 0 Å². The summed E-state index contributed by atoms with van der Waals surface area (Å²) in [6.07, 6.45) is -0.622. The molecule has 3 aromatic rings. The number of methoxy groups -OCH3 is 1. The van der Waals surface area contributed by atoms with Gasteiger partial charge in [0.2, 0.25) is 0 Å². The fourth-order valence-electron chi connectivity index (χ4n) is 2.49. The molecule has 1 heterocycles. The van der Waals surface area contributed by atoms with Crippen LogP contribution in [0.25, 0.3) is 10.1 Å². The zero-order chi connectivity index (χ0) is 13.9. The van der Waals surface area contributed by atoms with Crippen molar-refractivity contribution in [2.45, 2.75) is 12.7 Å².